The normalized spacial score (nSPS) is 10.6. The lowest BCUT2D eigenvalue weighted by Gasteiger charge is -2.07. The van der Waals surface area contributed by atoms with Crippen molar-refractivity contribution in [2.45, 2.75) is 25.4 Å². The van der Waals surface area contributed by atoms with Gasteiger partial charge in [-0.25, -0.2) is 0 Å². The SMILES string of the molecule is CCc1ccc(NC(=O)CSc2nnc(-c3cccc(NC(C)=O)c3)n2C)cc1. The van der Waals surface area contributed by atoms with Gasteiger partial charge in [0.25, 0.3) is 0 Å². The van der Waals surface area contributed by atoms with Gasteiger partial charge in [-0.05, 0) is 36.2 Å². The molecule has 0 bridgehead atoms. The number of hydrogen-bond donors (Lipinski definition) is 2. The molecule has 7 nitrogen and oxygen atoms in total. The topological polar surface area (TPSA) is 88.9 Å². The molecule has 2 amide bonds. The molecule has 3 aromatic rings. The molecule has 0 fully saturated rings. The molecule has 0 atom stereocenters. The Morgan fingerprint density at radius 2 is 1.79 bits per heavy atom. The van der Waals surface area contributed by atoms with Gasteiger partial charge in [0, 0.05) is 30.9 Å². The van der Waals surface area contributed by atoms with E-state index in [9.17, 15) is 9.59 Å². The Labute approximate surface area is 173 Å². The van der Waals surface area contributed by atoms with Crippen LogP contribution in [0.5, 0.6) is 0 Å². The van der Waals surface area contributed by atoms with Crippen LogP contribution < -0.4 is 10.6 Å². The Kier molecular flexibility index (Phi) is 6.66. The van der Waals surface area contributed by atoms with E-state index in [0.717, 1.165) is 17.7 Å². The van der Waals surface area contributed by atoms with Crippen molar-refractivity contribution in [2.75, 3.05) is 16.4 Å². The fraction of sp³-hybridized carbons (Fsp3) is 0.238. The van der Waals surface area contributed by atoms with Gasteiger partial charge in [0.1, 0.15) is 0 Å². The molecule has 2 aromatic carbocycles. The quantitative estimate of drug-likeness (QED) is 0.581. The van der Waals surface area contributed by atoms with Gasteiger partial charge in [-0.3, -0.25) is 9.59 Å². The first-order valence-electron chi connectivity index (χ1n) is 9.25. The molecule has 1 heterocycles. The van der Waals surface area contributed by atoms with Crippen molar-refractivity contribution in [1.29, 1.82) is 0 Å². The second kappa shape index (κ2) is 9.38. The van der Waals surface area contributed by atoms with Crippen LogP contribution in [0, 0.1) is 0 Å². The number of carbonyl (C=O) groups is 2. The highest BCUT2D eigenvalue weighted by Crippen LogP contribution is 2.25. The van der Waals surface area contributed by atoms with E-state index < -0.39 is 0 Å². The summed E-state index contributed by atoms with van der Waals surface area (Å²) in [5, 5.41) is 14.7. The van der Waals surface area contributed by atoms with E-state index in [0.29, 0.717) is 16.7 Å². The van der Waals surface area contributed by atoms with Crippen molar-refractivity contribution in [3.63, 3.8) is 0 Å². The molecule has 29 heavy (non-hydrogen) atoms. The number of thioether (sulfide) groups is 1. The molecule has 0 aliphatic heterocycles. The van der Waals surface area contributed by atoms with E-state index in [2.05, 4.69) is 27.8 Å². The summed E-state index contributed by atoms with van der Waals surface area (Å²) >= 11 is 1.32. The molecular formula is C21H23N5O2S. The average Bonchev–Trinajstić information content (AvgIpc) is 3.07. The van der Waals surface area contributed by atoms with E-state index in [1.165, 1.54) is 24.2 Å². The summed E-state index contributed by atoms with van der Waals surface area (Å²) < 4.78 is 1.83. The monoisotopic (exact) mass is 409 g/mol. The van der Waals surface area contributed by atoms with E-state index >= 15 is 0 Å². The average molecular weight is 410 g/mol. The molecule has 1 aromatic heterocycles. The number of anilines is 2. The van der Waals surface area contributed by atoms with Gasteiger partial charge in [0.05, 0.1) is 5.75 Å². The predicted molar refractivity (Wildman–Crippen MR) is 116 cm³/mol. The lowest BCUT2D eigenvalue weighted by molar-refractivity contribution is -0.114. The zero-order valence-corrected chi connectivity index (χ0v) is 17.4. The van der Waals surface area contributed by atoms with Crippen molar-refractivity contribution in [3.05, 3.63) is 54.1 Å². The molecule has 0 saturated heterocycles. The van der Waals surface area contributed by atoms with Crippen LogP contribution in [0.15, 0.2) is 53.7 Å². The largest absolute Gasteiger partial charge is 0.326 e. The van der Waals surface area contributed by atoms with Crippen LogP contribution in [0.1, 0.15) is 19.4 Å². The number of amides is 2. The van der Waals surface area contributed by atoms with Crippen LogP contribution in [0.4, 0.5) is 11.4 Å². The van der Waals surface area contributed by atoms with E-state index in [1.54, 1.807) is 0 Å². The van der Waals surface area contributed by atoms with Crippen LogP contribution in [0.2, 0.25) is 0 Å². The molecule has 0 aliphatic carbocycles. The minimum absolute atomic E-state index is 0.101. The van der Waals surface area contributed by atoms with E-state index in [1.807, 2.05) is 60.1 Å². The van der Waals surface area contributed by atoms with Gasteiger partial charge in [-0.2, -0.15) is 0 Å². The summed E-state index contributed by atoms with van der Waals surface area (Å²) in [7, 11) is 1.85. The first-order valence-corrected chi connectivity index (χ1v) is 10.2. The Hall–Kier alpha value is -3.13. The molecular weight excluding hydrogens is 386 g/mol. The van der Waals surface area contributed by atoms with Crippen LogP contribution in [-0.2, 0) is 23.1 Å². The third-order valence-electron chi connectivity index (χ3n) is 4.25. The minimum Gasteiger partial charge on any atom is -0.326 e. The number of benzene rings is 2. The van der Waals surface area contributed by atoms with E-state index in [-0.39, 0.29) is 17.6 Å². The van der Waals surface area contributed by atoms with Gasteiger partial charge in [0.2, 0.25) is 11.8 Å². The number of nitrogens with one attached hydrogen (secondary N) is 2. The smallest absolute Gasteiger partial charge is 0.234 e. The van der Waals surface area contributed by atoms with Crippen LogP contribution in [-0.4, -0.2) is 32.3 Å². The predicted octanol–water partition coefficient (Wildman–Crippen LogP) is 3.73. The lowest BCUT2D eigenvalue weighted by atomic mass is 10.1. The summed E-state index contributed by atoms with van der Waals surface area (Å²) in [6.07, 6.45) is 0.965. The summed E-state index contributed by atoms with van der Waals surface area (Å²) in [6.45, 7) is 3.56. The standard InChI is InChI=1S/C21H23N5O2S/c1-4-15-8-10-17(11-9-15)23-19(28)13-29-21-25-24-20(26(21)3)16-6-5-7-18(12-16)22-14(2)27/h5-12H,4,13H2,1-3H3,(H,22,27)(H,23,28). The van der Waals surface area contributed by atoms with Crippen molar-refractivity contribution in [2.24, 2.45) is 7.05 Å². The Morgan fingerprint density at radius 3 is 2.48 bits per heavy atom. The molecule has 0 spiro atoms. The summed E-state index contributed by atoms with van der Waals surface area (Å²) in [5.74, 6) is 0.659. The Morgan fingerprint density at radius 1 is 1.03 bits per heavy atom. The van der Waals surface area contributed by atoms with E-state index in [4.69, 9.17) is 0 Å². The molecule has 0 radical (unpaired) electrons. The highest BCUT2D eigenvalue weighted by Gasteiger charge is 2.13. The minimum atomic E-state index is -0.133. The maximum atomic E-state index is 12.2. The summed E-state index contributed by atoms with van der Waals surface area (Å²) in [4.78, 5) is 23.5. The number of rotatable bonds is 7. The molecule has 8 heteroatoms. The maximum Gasteiger partial charge on any atom is 0.234 e. The third-order valence-corrected chi connectivity index (χ3v) is 5.27. The first-order chi connectivity index (χ1) is 14.0. The zero-order chi connectivity index (χ0) is 20.8. The molecule has 150 valence electrons. The first kappa shape index (κ1) is 20.6. The van der Waals surface area contributed by atoms with Crippen molar-refractivity contribution in [3.8, 4) is 11.4 Å². The van der Waals surface area contributed by atoms with Gasteiger partial charge in [-0.1, -0.05) is 43.0 Å². The molecule has 0 unspecified atom stereocenters. The van der Waals surface area contributed by atoms with Crippen molar-refractivity contribution >= 4 is 35.0 Å². The van der Waals surface area contributed by atoms with Crippen molar-refractivity contribution in [1.82, 2.24) is 14.8 Å². The van der Waals surface area contributed by atoms with Crippen molar-refractivity contribution < 1.29 is 9.59 Å². The summed E-state index contributed by atoms with van der Waals surface area (Å²) in [6, 6.07) is 15.2. The number of hydrogen-bond acceptors (Lipinski definition) is 5. The van der Waals surface area contributed by atoms with Gasteiger partial charge in [0.15, 0.2) is 11.0 Å². The second-order valence-electron chi connectivity index (χ2n) is 6.51. The van der Waals surface area contributed by atoms with Gasteiger partial charge < -0.3 is 15.2 Å². The Bertz CT molecular complexity index is 1010. The number of nitrogens with zero attached hydrogens (tertiary/aromatic N) is 3. The molecule has 0 aliphatic rings. The number of aromatic nitrogens is 3. The molecule has 3 rings (SSSR count). The Balaban J connectivity index is 1.63. The number of carbonyl (C=O) groups excluding carboxylic acids is 2. The van der Waals surface area contributed by atoms with Crippen LogP contribution in [0.3, 0.4) is 0 Å². The zero-order valence-electron chi connectivity index (χ0n) is 16.6. The lowest BCUT2D eigenvalue weighted by Crippen LogP contribution is -2.14. The number of aryl methyl sites for hydroxylation is 1. The van der Waals surface area contributed by atoms with Gasteiger partial charge in [-0.15, -0.1) is 10.2 Å². The highest BCUT2D eigenvalue weighted by molar-refractivity contribution is 7.99. The second-order valence-corrected chi connectivity index (χ2v) is 7.46. The highest BCUT2D eigenvalue weighted by atomic mass is 32.2. The third kappa shape index (κ3) is 5.45. The van der Waals surface area contributed by atoms with Crippen LogP contribution in [0.25, 0.3) is 11.4 Å². The molecule has 0 saturated carbocycles. The fourth-order valence-corrected chi connectivity index (χ4v) is 3.49. The maximum absolute atomic E-state index is 12.2. The summed E-state index contributed by atoms with van der Waals surface area (Å²) in [5.41, 5.74) is 3.53. The fourth-order valence-electron chi connectivity index (χ4n) is 2.78. The molecule has 2 N–H and O–H groups in total. The van der Waals surface area contributed by atoms with Gasteiger partial charge >= 0.3 is 0 Å². The van der Waals surface area contributed by atoms with Crippen LogP contribution >= 0.6 is 11.8 Å².